The van der Waals surface area contributed by atoms with Crippen LogP contribution in [0.3, 0.4) is 0 Å². The van der Waals surface area contributed by atoms with E-state index < -0.39 is 0 Å². The van der Waals surface area contributed by atoms with Gasteiger partial charge < -0.3 is 10.8 Å². The second kappa shape index (κ2) is 5.02. The minimum Gasteiger partial charge on any atom is -0.399 e. The summed E-state index contributed by atoms with van der Waals surface area (Å²) in [5, 5.41) is 9.71. The summed E-state index contributed by atoms with van der Waals surface area (Å²) >= 11 is 0. The number of nitrogen functional groups attached to an aromatic ring is 1. The molecule has 0 aliphatic rings. The van der Waals surface area contributed by atoms with E-state index in [9.17, 15) is 5.11 Å². The first kappa shape index (κ1) is 11.7. The fourth-order valence-electron chi connectivity index (χ4n) is 1.81. The molecule has 0 aliphatic heterocycles. The summed E-state index contributed by atoms with van der Waals surface area (Å²) in [5.74, 6) is 0. The highest BCUT2D eigenvalue weighted by atomic mass is 16.3. The zero-order valence-corrected chi connectivity index (χ0v) is 9.93. The van der Waals surface area contributed by atoms with E-state index in [-0.39, 0.29) is 6.10 Å². The van der Waals surface area contributed by atoms with Gasteiger partial charge in [-0.05, 0) is 35.2 Å². The Kier molecular flexibility index (Phi) is 3.45. The Bertz CT molecular complexity index is 473. The van der Waals surface area contributed by atoms with E-state index >= 15 is 0 Å². The third-order valence-corrected chi connectivity index (χ3v) is 2.93. The molecule has 1 atom stereocenters. The number of rotatable bonds is 3. The highest BCUT2D eigenvalue weighted by Gasteiger charge is 2.04. The number of aliphatic hydroxyl groups is 1. The third-order valence-electron chi connectivity index (χ3n) is 2.93. The topological polar surface area (TPSA) is 46.2 Å². The zero-order chi connectivity index (χ0) is 12.3. The van der Waals surface area contributed by atoms with Gasteiger partial charge in [0.2, 0.25) is 0 Å². The second-order valence-electron chi connectivity index (χ2n) is 4.17. The van der Waals surface area contributed by atoms with E-state index in [4.69, 9.17) is 5.73 Å². The lowest BCUT2D eigenvalue weighted by atomic mass is 10.0. The Hall–Kier alpha value is -1.80. The minimum atomic E-state index is -0.365. The molecule has 88 valence electrons. The van der Waals surface area contributed by atoms with Crippen molar-refractivity contribution in [1.82, 2.24) is 0 Å². The summed E-state index contributed by atoms with van der Waals surface area (Å²) in [6.07, 6.45) is 0.372. The molecule has 2 aromatic carbocycles. The zero-order valence-electron chi connectivity index (χ0n) is 9.93. The highest BCUT2D eigenvalue weighted by molar-refractivity contribution is 5.65. The van der Waals surface area contributed by atoms with Gasteiger partial charge in [0, 0.05) is 5.69 Å². The maximum Gasteiger partial charge on any atom is 0.0787 e. The van der Waals surface area contributed by atoms with Gasteiger partial charge in [-0.3, -0.25) is 0 Å². The standard InChI is InChI=1S/C15H17NO/c1-2-15(17)13-5-3-11(4-6-13)12-7-9-14(16)10-8-12/h3-10,15,17H,2,16H2,1H3. The SMILES string of the molecule is CCC(O)c1ccc(-c2ccc(N)cc2)cc1. The van der Waals surface area contributed by atoms with Crippen LogP contribution < -0.4 is 5.73 Å². The molecule has 2 heteroatoms. The molecule has 0 heterocycles. The third kappa shape index (κ3) is 2.66. The van der Waals surface area contributed by atoms with Crippen molar-refractivity contribution in [3.63, 3.8) is 0 Å². The van der Waals surface area contributed by atoms with Crippen molar-refractivity contribution in [3.05, 3.63) is 54.1 Å². The van der Waals surface area contributed by atoms with Crippen molar-refractivity contribution in [2.24, 2.45) is 0 Å². The highest BCUT2D eigenvalue weighted by Crippen LogP contribution is 2.23. The molecular weight excluding hydrogens is 210 g/mol. The monoisotopic (exact) mass is 227 g/mol. The van der Waals surface area contributed by atoms with Crippen molar-refractivity contribution in [3.8, 4) is 11.1 Å². The molecule has 0 saturated carbocycles. The Morgan fingerprint density at radius 1 is 0.941 bits per heavy atom. The Balaban J connectivity index is 2.26. The molecule has 0 saturated heterocycles. The van der Waals surface area contributed by atoms with E-state index in [1.54, 1.807) is 0 Å². The summed E-state index contributed by atoms with van der Waals surface area (Å²) < 4.78 is 0. The van der Waals surface area contributed by atoms with Crippen LogP contribution in [0.15, 0.2) is 48.5 Å². The van der Waals surface area contributed by atoms with Crippen LogP contribution in [0, 0.1) is 0 Å². The Morgan fingerprint density at radius 2 is 1.41 bits per heavy atom. The van der Waals surface area contributed by atoms with Crippen LogP contribution in [0.1, 0.15) is 25.0 Å². The molecule has 0 spiro atoms. The first-order valence-corrected chi connectivity index (χ1v) is 5.84. The van der Waals surface area contributed by atoms with Crippen LogP contribution in [0.5, 0.6) is 0 Å². The lowest BCUT2D eigenvalue weighted by Gasteiger charge is -2.09. The van der Waals surface area contributed by atoms with E-state index in [0.717, 1.165) is 28.8 Å². The Morgan fingerprint density at radius 3 is 1.88 bits per heavy atom. The molecule has 0 aromatic heterocycles. The molecular formula is C15H17NO. The maximum atomic E-state index is 9.71. The quantitative estimate of drug-likeness (QED) is 0.790. The molecule has 0 radical (unpaired) electrons. The van der Waals surface area contributed by atoms with Crippen LogP contribution >= 0.6 is 0 Å². The van der Waals surface area contributed by atoms with Crippen LogP contribution in [0.4, 0.5) is 5.69 Å². The first-order chi connectivity index (χ1) is 8.20. The van der Waals surface area contributed by atoms with Crippen LogP contribution in [0.2, 0.25) is 0 Å². The molecule has 0 bridgehead atoms. The van der Waals surface area contributed by atoms with Gasteiger partial charge in [0.25, 0.3) is 0 Å². The molecule has 3 N–H and O–H groups in total. The lowest BCUT2D eigenvalue weighted by Crippen LogP contribution is -1.94. The Labute approximate surface area is 102 Å². The van der Waals surface area contributed by atoms with Gasteiger partial charge in [0.05, 0.1) is 6.10 Å². The number of anilines is 1. The molecule has 0 fully saturated rings. The molecule has 2 nitrogen and oxygen atoms in total. The lowest BCUT2D eigenvalue weighted by molar-refractivity contribution is 0.173. The summed E-state index contributed by atoms with van der Waals surface area (Å²) in [4.78, 5) is 0. The number of aliphatic hydroxyl groups excluding tert-OH is 1. The van der Waals surface area contributed by atoms with Crippen LogP contribution in [-0.4, -0.2) is 5.11 Å². The second-order valence-corrected chi connectivity index (χ2v) is 4.17. The van der Waals surface area contributed by atoms with Crippen molar-refractivity contribution in [1.29, 1.82) is 0 Å². The van der Waals surface area contributed by atoms with Gasteiger partial charge in [-0.15, -0.1) is 0 Å². The number of hydrogen-bond acceptors (Lipinski definition) is 2. The number of hydrogen-bond donors (Lipinski definition) is 2. The van der Waals surface area contributed by atoms with Gasteiger partial charge in [-0.25, -0.2) is 0 Å². The summed E-state index contributed by atoms with van der Waals surface area (Å²) in [6, 6.07) is 15.8. The number of benzene rings is 2. The summed E-state index contributed by atoms with van der Waals surface area (Å²) in [5.41, 5.74) is 9.66. The molecule has 2 aromatic rings. The largest absolute Gasteiger partial charge is 0.399 e. The number of nitrogens with two attached hydrogens (primary N) is 1. The van der Waals surface area contributed by atoms with Crippen molar-refractivity contribution in [2.75, 3.05) is 5.73 Å². The average Bonchev–Trinajstić information content (AvgIpc) is 2.39. The van der Waals surface area contributed by atoms with Gasteiger partial charge in [-0.2, -0.15) is 0 Å². The molecule has 17 heavy (non-hydrogen) atoms. The van der Waals surface area contributed by atoms with E-state index in [1.165, 1.54) is 0 Å². The first-order valence-electron chi connectivity index (χ1n) is 5.84. The van der Waals surface area contributed by atoms with Crippen LogP contribution in [-0.2, 0) is 0 Å². The normalized spacial score (nSPS) is 12.4. The summed E-state index contributed by atoms with van der Waals surface area (Å²) in [6.45, 7) is 1.97. The fraction of sp³-hybridized carbons (Fsp3) is 0.200. The van der Waals surface area contributed by atoms with Crippen molar-refractivity contribution < 1.29 is 5.11 Å². The maximum absolute atomic E-state index is 9.71. The van der Waals surface area contributed by atoms with Crippen molar-refractivity contribution >= 4 is 5.69 Å². The van der Waals surface area contributed by atoms with Gasteiger partial charge in [0.15, 0.2) is 0 Å². The van der Waals surface area contributed by atoms with Crippen LogP contribution in [0.25, 0.3) is 11.1 Å². The molecule has 0 aliphatic carbocycles. The van der Waals surface area contributed by atoms with E-state index in [1.807, 2.05) is 55.5 Å². The fourth-order valence-corrected chi connectivity index (χ4v) is 1.81. The minimum absolute atomic E-state index is 0.365. The van der Waals surface area contributed by atoms with Gasteiger partial charge >= 0.3 is 0 Å². The summed E-state index contributed by atoms with van der Waals surface area (Å²) in [7, 11) is 0. The predicted octanol–water partition coefficient (Wildman–Crippen LogP) is 3.38. The van der Waals surface area contributed by atoms with Gasteiger partial charge in [0.1, 0.15) is 0 Å². The van der Waals surface area contributed by atoms with E-state index in [0.29, 0.717) is 0 Å². The molecule has 0 amide bonds. The van der Waals surface area contributed by atoms with Crippen molar-refractivity contribution in [2.45, 2.75) is 19.4 Å². The predicted molar refractivity (Wildman–Crippen MR) is 71.5 cm³/mol. The smallest absolute Gasteiger partial charge is 0.0787 e. The van der Waals surface area contributed by atoms with E-state index in [2.05, 4.69) is 0 Å². The molecule has 2 rings (SSSR count). The van der Waals surface area contributed by atoms with Gasteiger partial charge in [-0.1, -0.05) is 43.3 Å². The average molecular weight is 227 g/mol. The molecule has 1 unspecified atom stereocenters.